The van der Waals surface area contributed by atoms with Crippen LogP contribution in [0.1, 0.15) is 26.8 Å². The first kappa shape index (κ1) is 16.3. The number of furan rings is 1. The van der Waals surface area contributed by atoms with Gasteiger partial charge in [0.1, 0.15) is 11.5 Å². The molecule has 3 aromatic rings. The molecule has 24 heavy (non-hydrogen) atoms. The average molecular weight is 341 g/mol. The Labute approximate surface area is 145 Å². The van der Waals surface area contributed by atoms with Crippen LogP contribution in [-0.4, -0.2) is 17.9 Å². The van der Waals surface area contributed by atoms with E-state index in [-0.39, 0.29) is 5.91 Å². The van der Waals surface area contributed by atoms with Crippen molar-refractivity contribution in [1.82, 2.24) is 4.90 Å². The second-order valence-corrected chi connectivity index (χ2v) is 6.49. The number of thiophene rings is 1. The third kappa shape index (κ3) is 3.68. The average Bonchev–Trinajstić information content (AvgIpc) is 3.25. The lowest BCUT2D eigenvalue weighted by molar-refractivity contribution is 0.0697. The van der Waals surface area contributed by atoms with Crippen molar-refractivity contribution in [2.24, 2.45) is 0 Å². The van der Waals surface area contributed by atoms with E-state index in [1.807, 2.05) is 48.7 Å². The number of ether oxygens (including phenoxy) is 1. The SMILES string of the molecule is COc1ccccc1CN(Cc1cccs1)C(=O)c1ccc(C)o1. The first-order valence-corrected chi connectivity index (χ1v) is 8.55. The summed E-state index contributed by atoms with van der Waals surface area (Å²) in [4.78, 5) is 15.8. The van der Waals surface area contributed by atoms with Crippen LogP contribution < -0.4 is 4.74 Å². The maximum Gasteiger partial charge on any atom is 0.290 e. The van der Waals surface area contributed by atoms with Crippen LogP contribution in [0.5, 0.6) is 5.75 Å². The minimum absolute atomic E-state index is 0.123. The van der Waals surface area contributed by atoms with Gasteiger partial charge in [-0.1, -0.05) is 24.3 Å². The summed E-state index contributed by atoms with van der Waals surface area (Å²) in [6.45, 7) is 2.83. The maximum atomic E-state index is 12.9. The fraction of sp³-hybridized carbons (Fsp3) is 0.211. The highest BCUT2D eigenvalue weighted by atomic mass is 32.1. The highest BCUT2D eigenvalue weighted by Crippen LogP contribution is 2.23. The molecule has 0 bridgehead atoms. The molecule has 2 aromatic heterocycles. The third-order valence-corrected chi connectivity index (χ3v) is 4.58. The normalized spacial score (nSPS) is 10.6. The minimum atomic E-state index is -0.123. The fourth-order valence-corrected chi connectivity index (χ4v) is 3.25. The number of hydrogen-bond acceptors (Lipinski definition) is 4. The van der Waals surface area contributed by atoms with Gasteiger partial charge in [0, 0.05) is 10.4 Å². The molecule has 0 unspecified atom stereocenters. The van der Waals surface area contributed by atoms with Gasteiger partial charge in [0.2, 0.25) is 0 Å². The number of carbonyl (C=O) groups is 1. The van der Waals surface area contributed by atoms with Crippen LogP contribution in [0.2, 0.25) is 0 Å². The first-order valence-electron chi connectivity index (χ1n) is 7.67. The Bertz CT molecular complexity index is 808. The van der Waals surface area contributed by atoms with Crippen molar-refractivity contribution in [2.45, 2.75) is 20.0 Å². The molecule has 0 fully saturated rings. The van der Waals surface area contributed by atoms with E-state index >= 15 is 0 Å². The van der Waals surface area contributed by atoms with Gasteiger partial charge in [-0.15, -0.1) is 11.3 Å². The van der Waals surface area contributed by atoms with Gasteiger partial charge in [-0.2, -0.15) is 0 Å². The molecule has 5 heteroatoms. The van der Waals surface area contributed by atoms with Crippen molar-refractivity contribution in [2.75, 3.05) is 7.11 Å². The summed E-state index contributed by atoms with van der Waals surface area (Å²) >= 11 is 1.63. The summed E-state index contributed by atoms with van der Waals surface area (Å²) in [5, 5.41) is 2.01. The molecular formula is C19H19NO3S. The van der Waals surface area contributed by atoms with Crippen LogP contribution in [0.15, 0.2) is 58.3 Å². The number of amides is 1. The first-order chi connectivity index (χ1) is 11.7. The molecule has 0 aliphatic rings. The van der Waals surface area contributed by atoms with Crippen molar-refractivity contribution < 1.29 is 13.9 Å². The Kier molecular flexibility index (Phi) is 5.01. The summed E-state index contributed by atoms with van der Waals surface area (Å²) in [6.07, 6.45) is 0. The zero-order valence-corrected chi connectivity index (χ0v) is 14.5. The minimum Gasteiger partial charge on any atom is -0.496 e. The molecule has 0 N–H and O–H groups in total. The van der Waals surface area contributed by atoms with Gasteiger partial charge in [0.05, 0.1) is 20.2 Å². The van der Waals surface area contributed by atoms with Crippen LogP contribution in [0, 0.1) is 6.92 Å². The summed E-state index contributed by atoms with van der Waals surface area (Å²) in [6, 6.07) is 15.3. The van der Waals surface area contributed by atoms with Crippen molar-refractivity contribution in [3.8, 4) is 5.75 Å². The van der Waals surface area contributed by atoms with Gasteiger partial charge >= 0.3 is 0 Å². The van der Waals surface area contributed by atoms with Crippen LogP contribution in [-0.2, 0) is 13.1 Å². The topological polar surface area (TPSA) is 42.7 Å². The number of rotatable bonds is 6. The van der Waals surface area contributed by atoms with E-state index in [0.29, 0.717) is 18.8 Å². The van der Waals surface area contributed by atoms with E-state index in [2.05, 4.69) is 0 Å². The monoisotopic (exact) mass is 341 g/mol. The summed E-state index contributed by atoms with van der Waals surface area (Å²) in [5.74, 6) is 1.74. The van der Waals surface area contributed by atoms with Crippen LogP contribution in [0.25, 0.3) is 0 Å². The number of methoxy groups -OCH3 is 1. The van der Waals surface area contributed by atoms with Crippen LogP contribution >= 0.6 is 11.3 Å². The highest BCUT2D eigenvalue weighted by molar-refractivity contribution is 7.09. The molecule has 0 saturated heterocycles. The van der Waals surface area contributed by atoms with Crippen LogP contribution in [0.3, 0.4) is 0 Å². The molecular weight excluding hydrogens is 322 g/mol. The quantitative estimate of drug-likeness (QED) is 0.663. The van der Waals surface area contributed by atoms with Gasteiger partial charge in [-0.25, -0.2) is 0 Å². The Balaban J connectivity index is 1.88. The largest absolute Gasteiger partial charge is 0.496 e. The second-order valence-electron chi connectivity index (χ2n) is 5.46. The molecule has 1 amide bonds. The number of para-hydroxylation sites is 1. The number of aryl methyl sites for hydroxylation is 1. The lowest BCUT2D eigenvalue weighted by Crippen LogP contribution is -2.29. The summed E-state index contributed by atoms with van der Waals surface area (Å²) < 4.78 is 10.9. The van der Waals surface area contributed by atoms with E-state index in [1.54, 1.807) is 35.5 Å². The van der Waals surface area contributed by atoms with Gasteiger partial charge in [0.15, 0.2) is 5.76 Å². The fourth-order valence-electron chi connectivity index (χ4n) is 2.53. The highest BCUT2D eigenvalue weighted by Gasteiger charge is 2.21. The van der Waals surface area contributed by atoms with Crippen molar-refractivity contribution in [3.05, 3.63) is 75.9 Å². The van der Waals surface area contributed by atoms with Gasteiger partial charge in [-0.3, -0.25) is 4.79 Å². The van der Waals surface area contributed by atoms with Gasteiger partial charge < -0.3 is 14.1 Å². The third-order valence-electron chi connectivity index (χ3n) is 3.72. The molecule has 0 spiro atoms. The summed E-state index contributed by atoms with van der Waals surface area (Å²) in [5.41, 5.74) is 0.966. The molecule has 2 heterocycles. The molecule has 1 aromatic carbocycles. The lowest BCUT2D eigenvalue weighted by Gasteiger charge is -2.22. The smallest absolute Gasteiger partial charge is 0.290 e. The lowest BCUT2D eigenvalue weighted by atomic mass is 10.1. The standard InChI is InChI=1S/C19H19NO3S/c1-14-9-10-18(23-14)19(21)20(13-16-7-5-11-24-16)12-15-6-3-4-8-17(15)22-2/h3-11H,12-13H2,1-2H3. The van der Waals surface area contributed by atoms with E-state index in [9.17, 15) is 4.79 Å². The molecule has 0 aliphatic carbocycles. The van der Waals surface area contributed by atoms with E-state index in [1.165, 1.54) is 0 Å². The molecule has 0 atom stereocenters. The Hall–Kier alpha value is -2.53. The number of hydrogen-bond donors (Lipinski definition) is 0. The number of nitrogens with zero attached hydrogens (tertiary/aromatic N) is 1. The van der Waals surface area contributed by atoms with E-state index in [4.69, 9.17) is 9.15 Å². The predicted molar refractivity (Wildman–Crippen MR) is 94.3 cm³/mol. The van der Waals surface area contributed by atoms with E-state index < -0.39 is 0 Å². The number of carbonyl (C=O) groups excluding carboxylic acids is 1. The molecule has 3 rings (SSSR count). The molecule has 0 radical (unpaired) electrons. The Morgan fingerprint density at radius 2 is 1.96 bits per heavy atom. The zero-order valence-electron chi connectivity index (χ0n) is 13.7. The maximum absolute atomic E-state index is 12.9. The second kappa shape index (κ2) is 7.36. The van der Waals surface area contributed by atoms with Crippen LogP contribution in [0.4, 0.5) is 0 Å². The predicted octanol–water partition coefficient (Wildman–Crippen LogP) is 4.50. The van der Waals surface area contributed by atoms with Crippen molar-refractivity contribution in [3.63, 3.8) is 0 Å². The number of benzene rings is 1. The molecule has 0 saturated carbocycles. The Morgan fingerprint density at radius 1 is 1.12 bits per heavy atom. The van der Waals surface area contributed by atoms with Crippen molar-refractivity contribution in [1.29, 1.82) is 0 Å². The molecule has 0 aliphatic heterocycles. The summed E-state index contributed by atoms with van der Waals surface area (Å²) in [7, 11) is 1.64. The zero-order chi connectivity index (χ0) is 16.9. The Morgan fingerprint density at radius 3 is 2.62 bits per heavy atom. The molecule has 4 nitrogen and oxygen atoms in total. The molecule has 124 valence electrons. The van der Waals surface area contributed by atoms with Gasteiger partial charge in [0.25, 0.3) is 5.91 Å². The van der Waals surface area contributed by atoms with Gasteiger partial charge in [-0.05, 0) is 36.6 Å². The van der Waals surface area contributed by atoms with Crippen molar-refractivity contribution >= 4 is 17.2 Å². The van der Waals surface area contributed by atoms with E-state index in [0.717, 1.165) is 22.0 Å².